The first kappa shape index (κ1) is 20.1. The number of amides is 1. The van der Waals surface area contributed by atoms with Gasteiger partial charge in [0.15, 0.2) is 0 Å². The molecule has 0 saturated carbocycles. The van der Waals surface area contributed by atoms with Crippen LogP contribution < -0.4 is 5.32 Å². The van der Waals surface area contributed by atoms with Crippen LogP contribution in [0.4, 0.5) is 5.69 Å². The van der Waals surface area contributed by atoms with Gasteiger partial charge in [-0.3, -0.25) is 14.9 Å². The van der Waals surface area contributed by atoms with Gasteiger partial charge in [0.25, 0.3) is 11.6 Å². The van der Waals surface area contributed by atoms with E-state index in [1.165, 1.54) is 16.8 Å². The molecule has 0 spiro atoms. The van der Waals surface area contributed by atoms with Crippen molar-refractivity contribution < 1.29 is 9.72 Å². The average Bonchev–Trinajstić information content (AvgIpc) is 3.41. The molecule has 2 heterocycles. The van der Waals surface area contributed by atoms with Crippen LogP contribution in [0.25, 0.3) is 17.1 Å². The Labute approximate surface area is 178 Å². The second-order valence-electron chi connectivity index (χ2n) is 7.10. The van der Waals surface area contributed by atoms with E-state index in [1.807, 2.05) is 60.3 Å². The van der Waals surface area contributed by atoms with Crippen LogP contribution >= 0.6 is 0 Å². The molecule has 4 aromatic rings. The molecule has 2 aromatic carbocycles. The van der Waals surface area contributed by atoms with Gasteiger partial charge in [-0.2, -0.15) is 5.10 Å². The lowest BCUT2D eigenvalue weighted by Crippen LogP contribution is -2.27. The van der Waals surface area contributed by atoms with E-state index in [0.717, 1.165) is 11.3 Å². The number of carbonyl (C=O) groups is 1. The third-order valence-electron chi connectivity index (χ3n) is 5.00. The van der Waals surface area contributed by atoms with Crippen LogP contribution in [0.3, 0.4) is 0 Å². The molecule has 0 aliphatic rings. The van der Waals surface area contributed by atoms with E-state index in [0.29, 0.717) is 30.0 Å². The first-order valence-corrected chi connectivity index (χ1v) is 9.81. The Morgan fingerprint density at radius 1 is 1.06 bits per heavy atom. The van der Waals surface area contributed by atoms with Crippen LogP contribution in [0.1, 0.15) is 16.1 Å². The molecular weight excluding hydrogens is 394 g/mol. The second kappa shape index (κ2) is 8.66. The molecule has 2 aromatic heterocycles. The highest BCUT2D eigenvalue weighted by Crippen LogP contribution is 2.23. The lowest BCUT2D eigenvalue weighted by atomic mass is 10.1. The molecular formula is C23H21N5O3. The Morgan fingerprint density at radius 3 is 2.45 bits per heavy atom. The van der Waals surface area contributed by atoms with Crippen molar-refractivity contribution in [3.8, 4) is 17.1 Å². The number of nitro benzene ring substituents is 1. The number of aromatic nitrogens is 3. The third kappa shape index (κ3) is 4.37. The highest BCUT2D eigenvalue weighted by Gasteiger charge is 2.19. The van der Waals surface area contributed by atoms with Crippen LogP contribution in [-0.2, 0) is 13.5 Å². The topological polar surface area (TPSA) is 95.0 Å². The molecule has 31 heavy (non-hydrogen) atoms. The van der Waals surface area contributed by atoms with Crippen LogP contribution in [0, 0.1) is 10.1 Å². The van der Waals surface area contributed by atoms with Gasteiger partial charge in [0.05, 0.1) is 16.3 Å². The molecule has 0 fully saturated rings. The van der Waals surface area contributed by atoms with E-state index in [-0.39, 0.29) is 11.6 Å². The zero-order chi connectivity index (χ0) is 21.8. The molecule has 0 aliphatic heterocycles. The first-order valence-electron chi connectivity index (χ1n) is 9.81. The van der Waals surface area contributed by atoms with Gasteiger partial charge in [0, 0.05) is 31.9 Å². The number of benzene rings is 2. The molecule has 0 unspecified atom stereocenters. The fourth-order valence-electron chi connectivity index (χ4n) is 3.36. The second-order valence-corrected chi connectivity index (χ2v) is 7.10. The zero-order valence-corrected chi connectivity index (χ0v) is 16.9. The third-order valence-corrected chi connectivity index (χ3v) is 5.00. The fraction of sp³-hybridized carbons (Fsp3) is 0.130. The number of nitro groups is 1. The molecule has 1 amide bonds. The van der Waals surface area contributed by atoms with Gasteiger partial charge in [-0.15, -0.1) is 0 Å². The van der Waals surface area contributed by atoms with Crippen molar-refractivity contribution in [2.24, 2.45) is 7.05 Å². The quantitative estimate of drug-likeness (QED) is 0.367. The summed E-state index contributed by atoms with van der Waals surface area (Å²) in [6.07, 6.45) is 2.61. The Balaban J connectivity index is 1.63. The Bertz CT molecular complexity index is 1210. The largest absolute Gasteiger partial charge is 0.350 e. The van der Waals surface area contributed by atoms with E-state index >= 15 is 0 Å². The van der Waals surface area contributed by atoms with Crippen molar-refractivity contribution in [3.63, 3.8) is 0 Å². The maximum Gasteiger partial charge on any atom is 0.270 e. The number of hydrogen-bond donors (Lipinski definition) is 1. The van der Waals surface area contributed by atoms with Crippen molar-refractivity contribution in [2.75, 3.05) is 6.54 Å². The lowest BCUT2D eigenvalue weighted by Gasteiger charge is -2.08. The number of rotatable bonds is 7. The maximum atomic E-state index is 13.0. The lowest BCUT2D eigenvalue weighted by molar-refractivity contribution is -0.384. The highest BCUT2D eigenvalue weighted by atomic mass is 16.6. The van der Waals surface area contributed by atoms with Gasteiger partial charge < -0.3 is 9.88 Å². The van der Waals surface area contributed by atoms with Gasteiger partial charge in [0.1, 0.15) is 11.4 Å². The van der Waals surface area contributed by atoms with Crippen molar-refractivity contribution in [2.45, 2.75) is 6.42 Å². The molecule has 8 heteroatoms. The van der Waals surface area contributed by atoms with E-state index in [4.69, 9.17) is 0 Å². The number of non-ortho nitro benzene ring substituents is 1. The fourth-order valence-corrected chi connectivity index (χ4v) is 3.36. The summed E-state index contributed by atoms with van der Waals surface area (Å²) in [5.41, 5.74) is 3.54. The molecule has 0 aliphatic carbocycles. The van der Waals surface area contributed by atoms with E-state index in [9.17, 15) is 14.9 Å². The summed E-state index contributed by atoms with van der Waals surface area (Å²) in [6, 6.07) is 21.4. The number of aryl methyl sites for hydroxylation is 1. The summed E-state index contributed by atoms with van der Waals surface area (Å²) >= 11 is 0. The Hall–Kier alpha value is -4.20. The standard InChI is InChI=1S/C23H21N5O3/c1-26-15-5-8-21(26)20-16-22(23(29)24-14-13-17-6-3-2-4-7-17)27(25-20)18-9-11-19(12-10-18)28(30)31/h2-12,15-16H,13-14H2,1H3,(H,24,29). The normalized spacial score (nSPS) is 10.7. The summed E-state index contributed by atoms with van der Waals surface area (Å²) < 4.78 is 3.43. The van der Waals surface area contributed by atoms with Gasteiger partial charge in [0.2, 0.25) is 0 Å². The minimum absolute atomic E-state index is 0.0209. The van der Waals surface area contributed by atoms with Crippen LogP contribution in [0.2, 0.25) is 0 Å². The maximum absolute atomic E-state index is 13.0. The van der Waals surface area contributed by atoms with Gasteiger partial charge in [-0.05, 0) is 42.3 Å². The predicted octanol–water partition coefficient (Wildman–Crippen LogP) is 3.76. The van der Waals surface area contributed by atoms with Crippen molar-refractivity contribution in [1.29, 1.82) is 0 Å². The zero-order valence-electron chi connectivity index (χ0n) is 16.9. The predicted molar refractivity (Wildman–Crippen MR) is 117 cm³/mol. The van der Waals surface area contributed by atoms with Gasteiger partial charge in [-0.25, -0.2) is 4.68 Å². The van der Waals surface area contributed by atoms with Crippen molar-refractivity contribution in [3.05, 3.63) is 100 Å². The van der Waals surface area contributed by atoms with E-state index in [1.54, 1.807) is 18.2 Å². The van der Waals surface area contributed by atoms with Crippen LogP contribution in [0.5, 0.6) is 0 Å². The summed E-state index contributed by atoms with van der Waals surface area (Å²) in [4.78, 5) is 23.5. The average molecular weight is 415 g/mol. The van der Waals surface area contributed by atoms with Crippen molar-refractivity contribution >= 4 is 11.6 Å². The molecule has 4 rings (SSSR count). The Kier molecular flexibility index (Phi) is 5.61. The number of hydrogen-bond acceptors (Lipinski definition) is 4. The van der Waals surface area contributed by atoms with Crippen molar-refractivity contribution in [1.82, 2.24) is 19.7 Å². The Morgan fingerprint density at radius 2 is 1.81 bits per heavy atom. The highest BCUT2D eigenvalue weighted by molar-refractivity contribution is 5.94. The number of nitrogens with one attached hydrogen (secondary N) is 1. The minimum atomic E-state index is -0.459. The van der Waals surface area contributed by atoms with Crippen LogP contribution in [0.15, 0.2) is 79.0 Å². The SMILES string of the molecule is Cn1cccc1-c1cc(C(=O)NCCc2ccccc2)n(-c2ccc([N+](=O)[O-])cc2)n1. The molecule has 8 nitrogen and oxygen atoms in total. The first-order chi connectivity index (χ1) is 15.0. The monoisotopic (exact) mass is 415 g/mol. The van der Waals surface area contributed by atoms with Gasteiger partial charge in [-0.1, -0.05) is 30.3 Å². The summed E-state index contributed by atoms with van der Waals surface area (Å²) in [7, 11) is 1.90. The smallest absolute Gasteiger partial charge is 0.270 e. The van der Waals surface area contributed by atoms with E-state index < -0.39 is 4.92 Å². The van der Waals surface area contributed by atoms with Gasteiger partial charge >= 0.3 is 0 Å². The molecule has 0 radical (unpaired) electrons. The van der Waals surface area contributed by atoms with Crippen LogP contribution in [-0.4, -0.2) is 31.7 Å². The summed E-state index contributed by atoms with van der Waals surface area (Å²) in [5.74, 6) is -0.262. The minimum Gasteiger partial charge on any atom is -0.350 e. The summed E-state index contributed by atoms with van der Waals surface area (Å²) in [6.45, 7) is 0.480. The molecule has 0 atom stereocenters. The molecule has 156 valence electrons. The van der Waals surface area contributed by atoms with E-state index in [2.05, 4.69) is 10.4 Å². The molecule has 1 N–H and O–H groups in total. The molecule has 0 saturated heterocycles. The number of carbonyl (C=O) groups excluding carboxylic acids is 1. The molecule has 0 bridgehead atoms. The number of nitrogens with zero attached hydrogens (tertiary/aromatic N) is 4. The summed E-state index contributed by atoms with van der Waals surface area (Å²) in [5, 5.41) is 18.5.